The molecule has 12 rings (SSSR count). The predicted octanol–water partition coefficient (Wildman–Crippen LogP) is 16.0. The first-order valence-corrected chi connectivity index (χ1v) is 19.7. The fourth-order valence-corrected chi connectivity index (χ4v) is 9.51. The molecule has 1 nitrogen and oxygen atoms in total. The smallest absolute Gasteiger partial charge is 0.143 e. The van der Waals surface area contributed by atoms with Crippen LogP contribution in [-0.4, -0.2) is 0 Å². The van der Waals surface area contributed by atoms with E-state index in [0.717, 1.165) is 21.9 Å². The van der Waals surface area contributed by atoms with Crippen molar-refractivity contribution in [2.45, 2.75) is 0 Å². The number of fused-ring (bicyclic) bond motifs is 11. The van der Waals surface area contributed by atoms with Crippen molar-refractivity contribution in [3.63, 3.8) is 0 Å². The van der Waals surface area contributed by atoms with E-state index in [4.69, 9.17) is 4.42 Å². The summed E-state index contributed by atoms with van der Waals surface area (Å²) in [7, 11) is 0. The second-order valence-electron chi connectivity index (χ2n) is 15.1. The van der Waals surface area contributed by atoms with Crippen molar-refractivity contribution in [3.05, 3.63) is 206 Å². The summed E-state index contributed by atoms with van der Waals surface area (Å²) in [5.41, 5.74) is 11.6. The lowest BCUT2D eigenvalue weighted by molar-refractivity contribution is 0.673. The topological polar surface area (TPSA) is 13.1 Å². The summed E-state index contributed by atoms with van der Waals surface area (Å²) >= 11 is 0. The van der Waals surface area contributed by atoms with Crippen LogP contribution in [-0.2, 0) is 0 Å². The second kappa shape index (κ2) is 12.5. The van der Waals surface area contributed by atoms with E-state index in [-0.39, 0.29) is 0 Å². The van der Waals surface area contributed by atoms with Gasteiger partial charge in [-0.15, -0.1) is 0 Å². The summed E-state index contributed by atoms with van der Waals surface area (Å²) in [4.78, 5) is 0. The molecule has 0 N–H and O–H groups in total. The van der Waals surface area contributed by atoms with Crippen LogP contribution < -0.4 is 0 Å². The first-order valence-electron chi connectivity index (χ1n) is 19.7. The van der Waals surface area contributed by atoms with Crippen LogP contribution >= 0.6 is 0 Å². The van der Waals surface area contributed by atoms with Crippen molar-refractivity contribution in [1.82, 2.24) is 0 Å². The molecule has 0 saturated heterocycles. The molecule has 57 heavy (non-hydrogen) atoms. The highest BCUT2D eigenvalue weighted by Crippen LogP contribution is 2.46. The molecule has 0 radical (unpaired) electrons. The fraction of sp³-hybridized carbons (Fsp3) is 0. The van der Waals surface area contributed by atoms with E-state index in [1.807, 2.05) is 0 Å². The van der Waals surface area contributed by atoms with Crippen LogP contribution in [0.4, 0.5) is 0 Å². The summed E-state index contributed by atoms with van der Waals surface area (Å²) in [6.07, 6.45) is 0. The standard InChI is InChI=1S/C56H34O/c1-2-20-41-35(14-1)15-13-29-42(41)38-17-12-19-40(33-38)54-48-26-8-6-24-46(48)53(47-25-7-9-27-49(47)54)39-18-11-16-36(32-39)37-30-31-52-51(34-37)55-45-23-5-3-21-43(45)44-22-4-10-28-50(44)56(55)57-52/h1-34H. The molecule has 0 aliphatic heterocycles. The minimum Gasteiger partial charge on any atom is -0.455 e. The van der Waals surface area contributed by atoms with Crippen LogP contribution in [0.1, 0.15) is 0 Å². The molecule has 0 amide bonds. The van der Waals surface area contributed by atoms with Gasteiger partial charge in [0.05, 0.1) is 0 Å². The molecular weight excluding hydrogens is 689 g/mol. The molecule has 0 aliphatic carbocycles. The summed E-state index contributed by atoms with van der Waals surface area (Å²) in [6, 6.07) is 75.3. The second-order valence-corrected chi connectivity index (χ2v) is 15.1. The van der Waals surface area contributed by atoms with Gasteiger partial charge >= 0.3 is 0 Å². The minimum atomic E-state index is 0.906. The Morgan fingerprint density at radius 2 is 0.719 bits per heavy atom. The molecule has 0 saturated carbocycles. The lowest BCUT2D eigenvalue weighted by atomic mass is 9.84. The third-order valence-electron chi connectivity index (χ3n) is 12.0. The third kappa shape index (κ3) is 4.89. The molecule has 0 spiro atoms. The van der Waals surface area contributed by atoms with Crippen LogP contribution in [0.3, 0.4) is 0 Å². The Balaban J connectivity index is 1.05. The van der Waals surface area contributed by atoms with Crippen molar-refractivity contribution >= 4 is 75.8 Å². The van der Waals surface area contributed by atoms with Gasteiger partial charge in [0.2, 0.25) is 0 Å². The molecular formula is C56H34O. The number of hydrogen-bond donors (Lipinski definition) is 0. The SMILES string of the molecule is c1cc(-c2ccc3oc4c5ccccc5c5ccccc5c4c3c2)cc(-c2c3ccccc3c(-c3cccc(-c4cccc5ccccc45)c3)c3ccccc23)c1. The Morgan fingerprint density at radius 1 is 0.263 bits per heavy atom. The van der Waals surface area contributed by atoms with Gasteiger partial charge in [0.15, 0.2) is 0 Å². The Morgan fingerprint density at radius 3 is 1.39 bits per heavy atom. The molecule has 0 unspecified atom stereocenters. The predicted molar refractivity (Wildman–Crippen MR) is 243 cm³/mol. The minimum absolute atomic E-state index is 0.906. The van der Waals surface area contributed by atoms with Crippen molar-refractivity contribution in [2.24, 2.45) is 0 Å². The van der Waals surface area contributed by atoms with E-state index in [2.05, 4.69) is 206 Å². The van der Waals surface area contributed by atoms with E-state index in [1.54, 1.807) is 0 Å². The molecule has 0 atom stereocenters. The van der Waals surface area contributed by atoms with Crippen molar-refractivity contribution in [1.29, 1.82) is 0 Å². The first-order chi connectivity index (χ1) is 28.3. The van der Waals surface area contributed by atoms with Crippen molar-refractivity contribution in [3.8, 4) is 44.5 Å². The van der Waals surface area contributed by atoms with Crippen LogP contribution in [0, 0.1) is 0 Å². The van der Waals surface area contributed by atoms with Gasteiger partial charge in [-0.05, 0) is 117 Å². The molecule has 0 aliphatic rings. The van der Waals surface area contributed by atoms with Crippen LogP contribution in [0.5, 0.6) is 0 Å². The van der Waals surface area contributed by atoms with E-state index in [9.17, 15) is 0 Å². The zero-order valence-corrected chi connectivity index (χ0v) is 31.0. The molecule has 264 valence electrons. The number of furan rings is 1. The van der Waals surface area contributed by atoms with Gasteiger partial charge in [0.1, 0.15) is 11.2 Å². The Hall–Kier alpha value is -7.48. The summed E-state index contributed by atoms with van der Waals surface area (Å²) in [5.74, 6) is 0. The molecule has 1 heterocycles. The van der Waals surface area contributed by atoms with E-state index < -0.39 is 0 Å². The molecule has 0 bridgehead atoms. The molecule has 1 heteroatoms. The molecule has 1 aromatic heterocycles. The average Bonchev–Trinajstić information content (AvgIpc) is 3.68. The van der Waals surface area contributed by atoms with E-state index in [1.165, 1.54) is 98.4 Å². The maximum Gasteiger partial charge on any atom is 0.143 e. The zero-order valence-electron chi connectivity index (χ0n) is 31.0. The van der Waals surface area contributed by atoms with Gasteiger partial charge < -0.3 is 4.42 Å². The maximum atomic E-state index is 6.65. The Labute approximate surface area is 329 Å². The van der Waals surface area contributed by atoms with Crippen LogP contribution in [0.15, 0.2) is 211 Å². The zero-order chi connectivity index (χ0) is 37.5. The van der Waals surface area contributed by atoms with E-state index >= 15 is 0 Å². The summed E-state index contributed by atoms with van der Waals surface area (Å²) in [5, 5.41) is 14.7. The largest absolute Gasteiger partial charge is 0.455 e. The number of hydrogen-bond acceptors (Lipinski definition) is 1. The fourth-order valence-electron chi connectivity index (χ4n) is 9.51. The lowest BCUT2D eigenvalue weighted by Crippen LogP contribution is -1.91. The van der Waals surface area contributed by atoms with Gasteiger partial charge in [-0.3, -0.25) is 0 Å². The molecule has 11 aromatic carbocycles. The normalized spacial score (nSPS) is 11.9. The molecule has 12 aromatic rings. The van der Waals surface area contributed by atoms with Crippen molar-refractivity contribution in [2.75, 3.05) is 0 Å². The summed E-state index contributed by atoms with van der Waals surface area (Å²) < 4.78 is 6.65. The van der Waals surface area contributed by atoms with Crippen LogP contribution in [0.2, 0.25) is 0 Å². The maximum absolute atomic E-state index is 6.65. The average molecular weight is 723 g/mol. The number of rotatable bonds is 4. The van der Waals surface area contributed by atoms with E-state index in [0.29, 0.717) is 0 Å². The monoisotopic (exact) mass is 722 g/mol. The third-order valence-corrected chi connectivity index (χ3v) is 12.0. The Bertz CT molecular complexity index is 3520. The van der Waals surface area contributed by atoms with Crippen LogP contribution in [0.25, 0.3) is 120 Å². The first kappa shape index (κ1) is 31.8. The van der Waals surface area contributed by atoms with Gasteiger partial charge in [-0.1, -0.05) is 182 Å². The quantitative estimate of drug-likeness (QED) is 0.130. The Kier molecular flexibility index (Phi) is 7.00. The highest BCUT2D eigenvalue weighted by molar-refractivity contribution is 6.30. The van der Waals surface area contributed by atoms with Gasteiger partial charge in [0, 0.05) is 16.2 Å². The highest BCUT2D eigenvalue weighted by atomic mass is 16.3. The molecule has 0 fully saturated rings. The number of benzene rings is 11. The van der Waals surface area contributed by atoms with Gasteiger partial charge in [-0.25, -0.2) is 0 Å². The van der Waals surface area contributed by atoms with Gasteiger partial charge in [0.25, 0.3) is 0 Å². The highest BCUT2D eigenvalue weighted by Gasteiger charge is 2.19. The lowest BCUT2D eigenvalue weighted by Gasteiger charge is -2.19. The van der Waals surface area contributed by atoms with Crippen molar-refractivity contribution < 1.29 is 4.42 Å². The van der Waals surface area contributed by atoms with Gasteiger partial charge in [-0.2, -0.15) is 0 Å². The summed E-state index contributed by atoms with van der Waals surface area (Å²) in [6.45, 7) is 0.